The number of fused-ring (bicyclic) bond motifs is 1. The smallest absolute Gasteiger partial charge is 0.159 e. The number of benzene rings is 1. The highest BCUT2D eigenvalue weighted by atomic mass is 16.5. The van der Waals surface area contributed by atoms with Crippen LogP contribution in [0.15, 0.2) is 18.2 Å². The first-order valence-electron chi connectivity index (χ1n) is 3.60. The number of hydrogen-bond donors (Lipinski definition) is 2. The predicted molar refractivity (Wildman–Crippen MR) is 43.5 cm³/mol. The molecule has 1 aliphatic heterocycles. The van der Waals surface area contributed by atoms with Gasteiger partial charge in [0.05, 0.1) is 5.69 Å². The van der Waals surface area contributed by atoms with E-state index in [4.69, 9.17) is 10.5 Å². The van der Waals surface area contributed by atoms with Crippen LogP contribution in [0.5, 0.6) is 5.75 Å². The Morgan fingerprint density at radius 3 is 3.27 bits per heavy atom. The van der Waals surface area contributed by atoms with Crippen LogP contribution < -0.4 is 15.8 Å². The van der Waals surface area contributed by atoms with Crippen molar-refractivity contribution in [1.29, 1.82) is 0 Å². The van der Waals surface area contributed by atoms with E-state index in [1.807, 2.05) is 18.2 Å². The van der Waals surface area contributed by atoms with Crippen LogP contribution in [-0.4, -0.2) is 6.73 Å². The van der Waals surface area contributed by atoms with Crippen molar-refractivity contribution in [2.75, 3.05) is 12.0 Å². The van der Waals surface area contributed by atoms with Crippen molar-refractivity contribution in [3.05, 3.63) is 23.8 Å². The molecule has 0 spiro atoms. The van der Waals surface area contributed by atoms with E-state index in [1.54, 1.807) is 0 Å². The summed E-state index contributed by atoms with van der Waals surface area (Å²) in [5, 5.41) is 3.09. The molecule has 0 saturated carbocycles. The summed E-state index contributed by atoms with van der Waals surface area (Å²) in [6, 6.07) is 5.96. The summed E-state index contributed by atoms with van der Waals surface area (Å²) in [5.74, 6) is 0.910. The third kappa shape index (κ3) is 1.03. The molecule has 0 radical (unpaired) electrons. The number of hydrogen-bond acceptors (Lipinski definition) is 3. The van der Waals surface area contributed by atoms with Gasteiger partial charge in [-0.05, 0) is 17.7 Å². The summed E-state index contributed by atoms with van der Waals surface area (Å²) in [6.07, 6.45) is 0. The van der Waals surface area contributed by atoms with Gasteiger partial charge in [-0.3, -0.25) is 0 Å². The highest BCUT2D eigenvalue weighted by Gasteiger charge is 2.09. The number of nitrogens with one attached hydrogen (secondary N) is 1. The fraction of sp³-hybridized carbons (Fsp3) is 0.250. The Bertz CT molecular complexity index is 273. The Morgan fingerprint density at radius 2 is 2.45 bits per heavy atom. The van der Waals surface area contributed by atoms with Gasteiger partial charge in [-0.25, -0.2) is 0 Å². The van der Waals surface area contributed by atoms with Crippen LogP contribution in [0.4, 0.5) is 5.69 Å². The lowest BCUT2D eigenvalue weighted by Crippen LogP contribution is -1.96. The Labute approximate surface area is 65.2 Å². The van der Waals surface area contributed by atoms with Crippen molar-refractivity contribution >= 4 is 5.69 Å². The van der Waals surface area contributed by atoms with Gasteiger partial charge in [0.1, 0.15) is 5.75 Å². The second-order valence-electron chi connectivity index (χ2n) is 2.50. The summed E-state index contributed by atoms with van der Waals surface area (Å²) in [7, 11) is 0. The Morgan fingerprint density at radius 1 is 1.55 bits per heavy atom. The fourth-order valence-electron chi connectivity index (χ4n) is 1.15. The zero-order valence-electron chi connectivity index (χ0n) is 6.13. The predicted octanol–water partition coefficient (Wildman–Crippen LogP) is 0.907. The van der Waals surface area contributed by atoms with Crippen molar-refractivity contribution in [2.24, 2.45) is 5.73 Å². The molecule has 0 amide bonds. The molecule has 3 N–H and O–H groups in total. The molecule has 1 aromatic rings. The Balaban J connectivity index is 2.41. The van der Waals surface area contributed by atoms with Gasteiger partial charge in [0.15, 0.2) is 6.73 Å². The Hall–Kier alpha value is -1.22. The van der Waals surface area contributed by atoms with Crippen LogP contribution in [0.25, 0.3) is 0 Å². The van der Waals surface area contributed by atoms with Gasteiger partial charge in [-0.2, -0.15) is 0 Å². The molecule has 1 aromatic carbocycles. The van der Waals surface area contributed by atoms with Crippen LogP contribution >= 0.6 is 0 Å². The molecule has 2 rings (SSSR count). The second-order valence-corrected chi connectivity index (χ2v) is 2.50. The lowest BCUT2D eigenvalue weighted by molar-refractivity contribution is 0.372. The second kappa shape index (κ2) is 2.43. The summed E-state index contributed by atoms with van der Waals surface area (Å²) in [5.41, 5.74) is 7.63. The topological polar surface area (TPSA) is 47.3 Å². The van der Waals surface area contributed by atoms with Crippen LogP contribution in [0.2, 0.25) is 0 Å². The normalized spacial score (nSPS) is 13.5. The first-order chi connectivity index (χ1) is 5.40. The van der Waals surface area contributed by atoms with E-state index in [0.29, 0.717) is 13.3 Å². The maximum absolute atomic E-state index is 5.47. The van der Waals surface area contributed by atoms with Crippen molar-refractivity contribution in [3.8, 4) is 5.75 Å². The molecular formula is C8H10N2O. The number of ether oxygens (including phenoxy) is 1. The molecule has 1 heterocycles. The maximum atomic E-state index is 5.47. The third-order valence-corrected chi connectivity index (χ3v) is 1.77. The number of nitrogens with two attached hydrogens (primary N) is 1. The van der Waals surface area contributed by atoms with Crippen LogP contribution in [0, 0.1) is 0 Å². The maximum Gasteiger partial charge on any atom is 0.159 e. The van der Waals surface area contributed by atoms with Gasteiger partial charge >= 0.3 is 0 Å². The molecule has 0 aromatic heterocycles. The molecule has 0 unspecified atom stereocenters. The van der Waals surface area contributed by atoms with Crippen molar-refractivity contribution in [2.45, 2.75) is 6.54 Å². The molecule has 0 saturated heterocycles. The lowest BCUT2D eigenvalue weighted by atomic mass is 10.2. The van der Waals surface area contributed by atoms with Crippen molar-refractivity contribution in [1.82, 2.24) is 0 Å². The fourth-order valence-corrected chi connectivity index (χ4v) is 1.15. The minimum absolute atomic E-state index is 0.566. The Kier molecular flexibility index (Phi) is 1.43. The minimum Gasteiger partial charge on any atom is -0.471 e. The zero-order chi connectivity index (χ0) is 7.68. The average Bonchev–Trinajstić information content (AvgIpc) is 2.50. The quantitative estimate of drug-likeness (QED) is 0.625. The molecule has 0 fully saturated rings. The van der Waals surface area contributed by atoms with Gasteiger partial charge in [0, 0.05) is 6.54 Å². The van der Waals surface area contributed by atoms with Crippen molar-refractivity contribution < 1.29 is 4.74 Å². The summed E-state index contributed by atoms with van der Waals surface area (Å²) in [4.78, 5) is 0. The van der Waals surface area contributed by atoms with Gasteiger partial charge in [0.2, 0.25) is 0 Å². The molecular weight excluding hydrogens is 140 g/mol. The van der Waals surface area contributed by atoms with E-state index in [9.17, 15) is 0 Å². The first kappa shape index (κ1) is 6.49. The van der Waals surface area contributed by atoms with E-state index >= 15 is 0 Å². The van der Waals surface area contributed by atoms with Gasteiger partial charge in [0.25, 0.3) is 0 Å². The van der Waals surface area contributed by atoms with Crippen molar-refractivity contribution in [3.63, 3.8) is 0 Å². The zero-order valence-corrected chi connectivity index (χ0v) is 6.13. The van der Waals surface area contributed by atoms with E-state index in [1.165, 1.54) is 0 Å². The van der Waals surface area contributed by atoms with Gasteiger partial charge in [-0.1, -0.05) is 6.07 Å². The minimum atomic E-state index is 0.566. The van der Waals surface area contributed by atoms with Crippen LogP contribution in [0.1, 0.15) is 5.56 Å². The van der Waals surface area contributed by atoms with Crippen LogP contribution in [0.3, 0.4) is 0 Å². The van der Waals surface area contributed by atoms with Gasteiger partial charge in [-0.15, -0.1) is 0 Å². The summed E-state index contributed by atoms with van der Waals surface area (Å²) in [6.45, 7) is 1.14. The van der Waals surface area contributed by atoms with E-state index in [0.717, 1.165) is 17.0 Å². The largest absolute Gasteiger partial charge is 0.471 e. The highest BCUT2D eigenvalue weighted by Crippen LogP contribution is 2.29. The van der Waals surface area contributed by atoms with Crippen LogP contribution in [-0.2, 0) is 6.54 Å². The van der Waals surface area contributed by atoms with Gasteiger partial charge < -0.3 is 15.8 Å². The molecule has 3 nitrogen and oxygen atoms in total. The monoisotopic (exact) mass is 150 g/mol. The third-order valence-electron chi connectivity index (χ3n) is 1.77. The molecule has 0 atom stereocenters. The molecule has 0 bridgehead atoms. The van der Waals surface area contributed by atoms with E-state index in [-0.39, 0.29) is 0 Å². The SMILES string of the molecule is NCc1ccc2c(c1)OCN2. The lowest BCUT2D eigenvalue weighted by Gasteiger charge is -1.99. The average molecular weight is 150 g/mol. The van der Waals surface area contributed by atoms with E-state index in [2.05, 4.69) is 5.32 Å². The molecule has 11 heavy (non-hydrogen) atoms. The number of anilines is 1. The molecule has 1 aliphatic rings. The standard InChI is InChI=1S/C8H10N2O/c9-4-6-1-2-7-8(3-6)11-5-10-7/h1-3,10H,4-5,9H2. The summed E-state index contributed by atoms with van der Waals surface area (Å²) < 4.78 is 5.27. The van der Waals surface area contributed by atoms with E-state index < -0.39 is 0 Å². The molecule has 58 valence electrons. The summed E-state index contributed by atoms with van der Waals surface area (Å²) >= 11 is 0. The first-order valence-corrected chi connectivity index (χ1v) is 3.60. The number of rotatable bonds is 1. The molecule has 3 heteroatoms. The molecule has 0 aliphatic carbocycles. The highest BCUT2D eigenvalue weighted by molar-refractivity contribution is 5.60.